The van der Waals surface area contributed by atoms with Gasteiger partial charge in [0.2, 0.25) is 5.91 Å². The zero-order chi connectivity index (χ0) is 26.0. The highest BCUT2D eigenvalue weighted by Crippen LogP contribution is 2.29. The summed E-state index contributed by atoms with van der Waals surface area (Å²) in [5.41, 5.74) is 6.17. The fourth-order valence-corrected chi connectivity index (χ4v) is 4.01. The highest BCUT2D eigenvalue weighted by Gasteiger charge is 2.10. The summed E-state index contributed by atoms with van der Waals surface area (Å²) in [7, 11) is 1.62. The van der Waals surface area contributed by atoms with Gasteiger partial charge in [-0.1, -0.05) is 84.9 Å². The number of hydrogen-bond acceptors (Lipinski definition) is 4. The molecule has 5 heteroatoms. The summed E-state index contributed by atoms with van der Waals surface area (Å²) in [5, 5.41) is 3.06. The number of esters is 1. The van der Waals surface area contributed by atoms with Crippen molar-refractivity contribution in [2.45, 2.75) is 19.9 Å². The highest BCUT2D eigenvalue weighted by atomic mass is 16.5. The van der Waals surface area contributed by atoms with Gasteiger partial charge >= 0.3 is 5.97 Å². The first-order valence-corrected chi connectivity index (χ1v) is 12.1. The molecule has 186 valence electrons. The second-order valence-corrected chi connectivity index (χ2v) is 8.54. The van der Waals surface area contributed by atoms with Crippen LogP contribution < -0.4 is 14.8 Å². The summed E-state index contributed by atoms with van der Waals surface area (Å²) in [4.78, 5) is 23.7. The van der Waals surface area contributed by atoms with Gasteiger partial charge in [0, 0.05) is 13.5 Å². The predicted octanol–water partition coefficient (Wildman–Crippen LogP) is 6.32. The van der Waals surface area contributed by atoms with Crippen molar-refractivity contribution in [3.63, 3.8) is 0 Å². The molecule has 4 rings (SSSR count). The van der Waals surface area contributed by atoms with Crippen LogP contribution in [0.25, 0.3) is 23.3 Å². The fraction of sp³-hybridized carbons (Fsp3) is 0.125. The number of carbonyl (C=O) groups excluding carboxylic acids is 2. The largest absolute Gasteiger partial charge is 0.497 e. The van der Waals surface area contributed by atoms with Crippen LogP contribution >= 0.6 is 0 Å². The maximum Gasteiger partial charge on any atom is 0.308 e. The van der Waals surface area contributed by atoms with E-state index in [1.165, 1.54) is 6.92 Å². The molecular formula is C32H29NO4. The summed E-state index contributed by atoms with van der Waals surface area (Å²) in [6, 6.07) is 31.2. The molecule has 0 aromatic heterocycles. The van der Waals surface area contributed by atoms with Gasteiger partial charge in [0.15, 0.2) is 0 Å². The Hall–Kier alpha value is -4.64. The van der Waals surface area contributed by atoms with Gasteiger partial charge < -0.3 is 14.8 Å². The molecule has 0 unspecified atom stereocenters. The Morgan fingerprint density at radius 3 is 2.11 bits per heavy atom. The Kier molecular flexibility index (Phi) is 8.50. The van der Waals surface area contributed by atoms with E-state index in [0.29, 0.717) is 18.7 Å². The van der Waals surface area contributed by atoms with Crippen molar-refractivity contribution in [3.8, 4) is 22.6 Å². The predicted molar refractivity (Wildman–Crippen MR) is 147 cm³/mol. The van der Waals surface area contributed by atoms with Crippen LogP contribution in [-0.2, 0) is 22.6 Å². The van der Waals surface area contributed by atoms with Crippen LogP contribution in [0.5, 0.6) is 11.5 Å². The lowest BCUT2D eigenvalue weighted by Gasteiger charge is -2.13. The van der Waals surface area contributed by atoms with Gasteiger partial charge in [-0.15, -0.1) is 0 Å². The lowest BCUT2D eigenvalue weighted by Crippen LogP contribution is -2.24. The normalized spacial score (nSPS) is 10.8. The van der Waals surface area contributed by atoms with E-state index in [0.717, 1.165) is 39.1 Å². The number of hydrogen-bond donors (Lipinski definition) is 1. The summed E-state index contributed by atoms with van der Waals surface area (Å²) in [6.45, 7) is 1.82. The Morgan fingerprint density at radius 1 is 0.757 bits per heavy atom. The minimum absolute atomic E-state index is 0.0367. The van der Waals surface area contributed by atoms with Gasteiger partial charge in [0.1, 0.15) is 11.5 Å². The molecule has 0 aliphatic rings. The van der Waals surface area contributed by atoms with E-state index in [1.807, 2.05) is 72.8 Å². The molecule has 0 saturated carbocycles. The third-order valence-electron chi connectivity index (χ3n) is 5.87. The van der Waals surface area contributed by atoms with Crippen molar-refractivity contribution >= 4 is 24.0 Å². The zero-order valence-electron chi connectivity index (χ0n) is 20.9. The third-order valence-corrected chi connectivity index (χ3v) is 5.87. The Balaban J connectivity index is 1.48. The van der Waals surface area contributed by atoms with Crippen LogP contribution in [0.4, 0.5) is 0 Å². The Bertz CT molecular complexity index is 1390. The van der Waals surface area contributed by atoms with Crippen molar-refractivity contribution in [2.75, 3.05) is 7.11 Å². The van der Waals surface area contributed by atoms with Gasteiger partial charge in [0.05, 0.1) is 13.5 Å². The molecule has 4 aromatic rings. The molecule has 0 aliphatic carbocycles. The van der Waals surface area contributed by atoms with Gasteiger partial charge in [-0.2, -0.15) is 0 Å². The second kappa shape index (κ2) is 12.4. The van der Waals surface area contributed by atoms with Gasteiger partial charge in [0.25, 0.3) is 0 Å². The number of carbonyl (C=O) groups is 2. The number of benzene rings is 4. The van der Waals surface area contributed by atoms with E-state index in [4.69, 9.17) is 9.47 Å². The van der Waals surface area contributed by atoms with Gasteiger partial charge in [-0.05, 0) is 57.6 Å². The summed E-state index contributed by atoms with van der Waals surface area (Å²) >= 11 is 0. The number of amides is 1. The standard InChI is InChI=1S/C32H29NO4/c1-23(34)37-29-19-12-24(13-20-29)11-16-26-7-3-5-9-30(26)31-10-6-4-8-27(31)22-33-32(35)21-25-14-17-28(36-2)18-15-25/h3-20H,21-22H2,1-2H3,(H,33,35). The quantitative estimate of drug-likeness (QED) is 0.169. The average Bonchev–Trinajstić information content (AvgIpc) is 2.92. The smallest absolute Gasteiger partial charge is 0.308 e. The molecule has 4 aromatic carbocycles. The molecule has 0 fully saturated rings. The molecule has 1 amide bonds. The van der Waals surface area contributed by atoms with Crippen LogP contribution in [0.3, 0.4) is 0 Å². The van der Waals surface area contributed by atoms with Crippen LogP contribution in [0.15, 0.2) is 97.1 Å². The second-order valence-electron chi connectivity index (χ2n) is 8.54. The maximum atomic E-state index is 12.6. The first kappa shape index (κ1) is 25.5. The zero-order valence-corrected chi connectivity index (χ0v) is 20.9. The molecule has 5 nitrogen and oxygen atoms in total. The third kappa shape index (κ3) is 7.18. The lowest BCUT2D eigenvalue weighted by atomic mass is 9.94. The molecule has 0 spiro atoms. The molecule has 37 heavy (non-hydrogen) atoms. The van der Waals surface area contributed by atoms with E-state index in [9.17, 15) is 9.59 Å². The van der Waals surface area contributed by atoms with Crippen LogP contribution in [-0.4, -0.2) is 19.0 Å². The summed E-state index contributed by atoms with van der Waals surface area (Å²) < 4.78 is 10.3. The summed E-state index contributed by atoms with van der Waals surface area (Å²) in [6.07, 6.45) is 4.40. The van der Waals surface area contributed by atoms with Crippen molar-refractivity contribution in [2.24, 2.45) is 0 Å². The average molecular weight is 492 g/mol. The van der Waals surface area contributed by atoms with Gasteiger partial charge in [-0.3, -0.25) is 9.59 Å². The van der Waals surface area contributed by atoms with Crippen LogP contribution in [0.2, 0.25) is 0 Å². The number of rotatable bonds is 9. The van der Waals surface area contributed by atoms with Crippen molar-refractivity contribution < 1.29 is 19.1 Å². The monoisotopic (exact) mass is 491 g/mol. The number of nitrogens with one attached hydrogen (secondary N) is 1. The Morgan fingerprint density at radius 2 is 1.41 bits per heavy atom. The Labute approximate surface area is 217 Å². The van der Waals surface area contributed by atoms with E-state index < -0.39 is 0 Å². The highest BCUT2D eigenvalue weighted by molar-refractivity contribution is 5.83. The first-order chi connectivity index (χ1) is 18.0. The molecule has 1 N–H and O–H groups in total. The minimum atomic E-state index is -0.340. The number of methoxy groups -OCH3 is 1. The molecular weight excluding hydrogens is 462 g/mol. The van der Waals surface area contributed by atoms with Crippen LogP contribution in [0, 0.1) is 0 Å². The molecule has 0 bridgehead atoms. The minimum Gasteiger partial charge on any atom is -0.497 e. The molecule has 0 radical (unpaired) electrons. The lowest BCUT2D eigenvalue weighted by molar-refractivity contribution is -0.131. The van der Waals surface area contributed by atoms with Gasteiger partial charge in [-0.25, -0.2) is 0 Å². The fourth-order valence-electron chi connectivity index (χ4n) is 4.01. The van der Waals surface area contributed by atoms with Crippen molar-refractivity contribution in [1.82, 2.24) is 5.32 Å². The molecule has 0 atom stereocenters. The number of ether oxygens (including phenoxy) is 2. The molecule has 0 aliphatic heterocycles. The first-order valence-electron chi connectivity index (χ1n) is 12.1. The topological polar surface area (TPSA) is 64.6 Å². The summed E-state index contributed by atoms with van der Waals surface area (Å²) in [5.74, 6) is 0.913. The van der Waals surface area contributed by atoms with E-state index in [2.05, 4.69) is 29.6 Å². The SMILES string of the molecule is COc1ccc(CC(=O)NCc2ccccc2-c2ccccc2C=Cc2ccc(OC(C)=O)cc2)cc1. The van der Waals surface area contributed by atoms with Crippen molar-refractivity contribution in [1.29, 1.82) is 0 Å². The van der Waals surface area contributed by atoms with Crippen LogP contribution in [0.1, 0.15) is 29.2 Å². The maximum absolute atomic E-state index is 12.6. The van der Waals surface area contributed by atoms with Crippen molar-refractivity contribution in [3.05, 3.63) is 119 Å². The molecule has 0 saturated heterocycles. The van der Waals surface area contributed by atoms with E-state index >= 15 is 0 Å². The van der Waals surface area contributed by atoms with E-state index in [1.54, 1.807) is 19.2 Å². The van der Waals surface area contributed by atoms with E-state index in [-0.39, 0.29) is 11.9 Å². The molecule has 0 heterocycles.